The van der Waals surface area contributed by atoms with Gasteiger partial charge in [-0.3, -0.25) is 5.32 Å². The number of carbonyl (C=O) groups is 1. The Hall–Kier alpha value is -0.900. The van der Waals surface area contributed by atoms with Gasteiger partial charge in [-0.2, -0.15) is 0 Å². The first-order valence-corrected chi connectivity index (χ1v) is 13.4. The van der Waals surface area contributed by atoms with Crippen molar-refractivity contribution < 1.29 is 13.2 Å². The molecule has 2 fully saturated rings. The van der Waals surface area contributed by atoms with Crippen LogP contribution in [0.25, 0.3) is 0 Å². The summed E-state index contributed by atoms with van der Waals surface area (Å²) in [5.41, 5.74) is 0. The van der Waals surface area contributed by atoms with Gasteiger partial charge in [0, 0.05) is 25.2 Å². The molecular formula is C19H31ClN4O3S2. The standard InChI is InChI=1S/C19H31ClN4O3S2/c1-2-13-29(26,27)23-11-9-16(10-12-23)24(15-7-5-3-4-6-8-15)19(25)22-18-21-14-17(20)28-18/h14-16H,2-13H2,1H3,(H,21,22,25). The second-order valence-corrected chi connectivity index (χ2v) is 11.6. The molecule has 3 rings (SSSR count). The predicted octanol–water partition coefficient (Wildman–Crippen LogP) is 4.56. The van der Waals surface area contributed by atoms with Crippen molar-refractivity contribution in [3.8, 4) is 0 Å². The van der Waals surface area contributed by atoms with E-state index in [-0.39, 0.29) is 23.9 Å². The monoisotopic (exact) mass is 462 g/mol. The van der Waals surface area contributed by atoms with Crippen LogP contribution in [0, 0.1) is 0 Å². The van der Waals surface area contributed by atoms with Crippen LogP contribution in [0.1, 0.15) is 64.7 Å². The summed E-state index contributed by atoms with van der Waals surface area (Å²) in [5.74, 6) is 0.190. The lowest BCUT2D eigenvalue weighted by Crippen LogP contribution is -2.53. The first kappa shape index (κ1) is 22.8. The molecule has 29 heavy (non-hydrogen) atoms. The number of hydrogen-bond acceptors (Lipinski definition) is 5. The summed E-state index contributed by atoms with van der Waals surface area (Å²) in [6.45, 7) is 2.84. The van der Waals surface area contributed by atoms with E-state index in [4.69, 9.17) is 11.6 Å². The van der Waals surface area contributed by atoms with E-state index in [0.29, 0.717) is 41.8 Å². The van der Waals surface area contributed by atoms with Crippen LogP contribution >= 0.6 is 22.9 Å². The molecule has 0 bridgehead atoms. The Morgan fingerprint density at radius 3 is 2.38 bits per heavy atom. The van der Waals surface area contributed by atoms with Crippen LogP contribution in [-0.2, 0) is 10.0 Å². The molecule has 164 valence electrons. The summed E-state index contributed by atoms with van der Waals surface area (Å²) in [7, 11) is -3.19. The lowest BCUT2D eigenvalue weighted by molar-refractivity contribution is 0.116. The molecule has 1 aliphatic carbocycles. The first-order chi connectivity index (χ1) is 13.9. The molecule has 1 aromatic rings. The minimum absolute atomic E-state index is 0.0432. The summed E-state index contributed by atoms with van der Waals surface area (Å²) in [5, 5.41) is 3.42. The van der Waals surface area contributed by atoms with Gasteiger partial charge >= 0.3 is 6.03 Å². The molecule has 0 spiro atoms. The van der Waals surface area contributed by atoms with Gasteiger partial charge < -0.3 is 4.90 Å². The number of sulfonamides is 1. The number of hydrogen-bond donors (Lipinski definition) is 1. The number of piperidine rings is 1. The van der Waals surface area contributed by atoms with Gasteiger partial charge in [-0.25, -0.2) is 22.5 Å². The number of thiazole rings is 1. The molecule has 7 nitrogen and oxygen atoms in total. The number of anilines is 1. The molecule has 1 saturated carbocycles. The van der Waals surface area contributed by atoms with Crippen molar-refractivity contribution in [2.24, 2.45) is 0 Å². The van der Waals surface area contributed by atoms with Crippen molar-refractivity contribution in [3.63, 3.8) is 0 Å². The average molecular weight is 463 g/mol. The predicted molar refractivity (Wildman–Crippen MR) is 118 cm³/mol. The van der Waals surface area contributed by atoms with Crippen LogP contribution < -0.4 is 5.32 Å². The number of halogens is 1. The lowest BCUT2D eigenvalue weighted by Gasteiger charge is -2.41. The summed E-state index contributed by atoms with van der Waals surface area (Å²) in [6.07, 6.45) is 10.2. The third-order valence-corrected chi connectivity index (χ3v) is 8.92. The molecule has 2 aliphatic rings. The van der Waals surface area contributed by atoms with E-state index < -0.39 is 10.0 Å². The Morgan fingerprint density at radius 1 is 1.21 bits per heavy atom. The zero-order chi connectivity index (χ0) is 20.9. The Balaban J connectivity index is 1.72. The highest BCUT2D eigenvalue weighted by atomic mass is 35.5. The Morgan fingerprint density at radius 2 is 1.83 bits per heavy atom. The molecular weight excluding hydrogens is 432 g/mol. The third-order valence-electron chi connectivity index (χ3n) is 5.82. The fourth-order valence-electron chi connectivity index (χ4n) is 4.42. The van der Waals surface area contributed by atoms with Crippen molar-refractivity contribution >= 4 is 44.1 Å². The average Bonchev–Trinajstić information content (AvgIpc) is 2.92. The van der Waals surface area contributed by atoms with Crippen molar-refractivity contribution in [2.75, 3.05) is 24.2 Å². The molecule has 0 radical (unpaired) electrons. The first-order valence-electron chi connectivity index (χ1n) is 10.6. The summed E-state index contributed by atoms with van der Waals surface area (Å²) >= 11 is 7.20. The molecule has 0 aromatic carbocycles. The quantitative estimate of drug-likeness (QED) is 0.628. The highest BCUT2D eigenvalue weighted by Crippen LogP contribution is 2.30. The Kier molecular flexibility index (Phi) is 8.18. The summed E-state index contributed by atoms with van der Waals surface area (Å²) in [6, 6.07) is 0.0936. The van der Waals surface area contributed by atoms with Crippen molar-refractivity contribution in [2.45, 2.75) is 76.8 Å². The van der Waals surface area contributed by atoms with Crippen LogP contribution in [-0.4, -0.2) is 59.6 Å². The minimum atomic E-state index is -3.19. The SMILES string of the molecule is CCCS(=O)(=O)N1CCC(N(C(=O)Nc2ncc(Cl)s2)C2CCCCCC2)CC1. The molecule has 1 N–H and O–H groups in total. The number of urea groups is 1. The molecule has 2 heterocycles. The van der Waals surface area contributed by atoms with Gasteiger partial charge in [0.1, 0.15) is 4.34 Å². The highest BCUT2D eigenvalue weighted by molar-refractivity contribution is 7.89. The van der Waals surface area contributed by atoms with Gasteiger partial charge in [0.15, 0.2) is 5.13 Å². The maximum absolute atomic E-state index is 13.2. The van der Waals surface area contributed by atoms with Crippen LogP contribution in [0.5, 0.6) is 0 Å². The number of aromatic nitrogens is 1. The van der Waals surface area contributed by atoms with E-state index >= 15 is 0 Å². The Bertz CT molecular complexity index is 770. The van der Waals surface area contributed by atoms with Crippen molar-refractivity contribution in [1.29, 1.82) is 0 Å². The van der Waals surface area contributed by atoms with Gasteiger partial charge in [-0.1, -0.05) is 55.5 Å². The van der Waals surface area contributed by atoms with E-state index in [9.17, 15) is 13.2 Å². The number of amides is 2. The van der Waals surface area contributed by atoms with Crippen LogP contribution in [0.2, 0.25) is 4.34 Å². The smallest absolute Gasteiger partial charge is 0.318 e. The van der Waals surface area contributed by atoms with Gasteiger partial charge in [0.25, 0.3) is 0 Å². The lowest BCUT2D eigenvalue weighted by atomic mass is 9.99. The highest BCUT2D eigenvalue weighted by Gasteiger charge is 2.36. The van der Waals surface area contributed by atoms with Gasteiger partial charge in [-0.05, 0) is 32.1 Å². The largest absolute Gasteiger partial charge is 0.324 e. The molecule has 0 atom stereocenters. The summed E-state index contributed by atoms with van der Waals surface area (Å²) in [4.78, 5) is 19.4. The number of nitrogens with one attached hydrogen (secondary N) is 1. The normalized spacial score (nSPS) is 20.3. The van der Waals surface area contributed by atoms with E-state index in [0.717, 1.165) is 25.7 Å². The van der Waals surface area contributed by atoms with Gasteiger partial charge in [-0.15, -0.1) is 0 Å². The zero-order valence-electron chi connectivity index (χ0n) is 17.0. The second-order valence-electron chi connectivity index (χ2n) is 7.90. The molecule has 1 aliphatic heterocycles. The molecule has 1 aromatic heterocycles. The minimum Gasteiger partial charge on any atom is -0.318 e. The van der Waals surface area contributed by atoms with E-state index in [1.54, 1.807) is 4.31 Å². The van der Waals surface area contributed by atoms with Crippen molar-refractivity contribution in [1.82, 2.24) is 14.2 Å². The van der Waals surface area contributed by atoms with Gasteiger partial charge in [0.2, 0.25) is 10.0 Å². The maximum Gasteiger partial charge on any atom is 0.324 e. The molecule has 0 unspecified atom stereocenters. The number of carbonyl (C=O) groups excluding carboxylic acids is 1. The van der Waals surface area contributed by atoms with Crippen LogP contribution in [0.4, 0.5) is 9.93 Å². The van der Waals surface area contributed by atoms with E-state index in [1.807, 2.05) is 11.8 Å². The maximum atomic E-state index is 13.2. The second kappa shape index (κ2) is 10.4. The zero-order valence-corrected chi connectivity index (χ0v) is 19.4. The molecule has 1 saturated heterocycles. The fourth-order valence-corrected chi connectivity index (χ4v) is 6.76. The van der Waals surface area contributed by atoms with E-state index in [1.165, 1.54) is 30.4 Å². The van der Waals surface area contributed by atoms with Crippen molar-refractivity contribution in [3.05, 3.63) is 10.5 Å². The number of nitrogens with zero attached hydrogens (tertiary/aromatic N) is 3. The van der Waals surface area contributed by atoms with Gasteiger partial charge in [0.05, 0.1) is 11.9 Å². The van der Waals surface area contributed by atoms with Crippen LogP contribution in [0.15, 0.2) is 6.20 Å². The summed E-state index contributed by atoms with van der Waals surface area (Å²) < 4.78 is 26.9. The topological polar surface area (TPSA) is 82.6 Å². The third kappa shape index (κ3) is 6.06. The van der Waals surface area contributed by atoms with E-state index in [2.05, 4.69) is 10.3 Å². The van der Waals surface area contributed by atoms with Crippen LogP contribution in [0.3, 0.4) is 0 Å². The Labute approximate surface area is 182 Å². The molecule has 10 heteroatoms. The number of rotatable bonds is 6. The molecule has 2 amide bonds. The fraction of sp³-hybridized carbons (Fsp3) is 0.789.